The van der Waals surface area contributed by atoms with E-state index in [1.807, 2.05) is 30.0 Å². The Bertz CT molecular complexity index is 544. The van der Waals surface area contributed by atoms with Gasteiger partial charge in [-0.2, -0.15) is 11.8 Å². The summed E-state index contributed by atoms with van der Waals surface area (Å²) in [6, 6.07) is 8.31. The van der Waals surface area contributed by atoms with E-state index in [-0.39, 0.29) is 30.0 Å². The maximum atomic E-state index is 6.22. The van der Waals surface area contributed by atoms with Gasteiger partial charge >= 0.3 is 0 Å². The summed E-state index contributed by atoms with van der Waals surface area (Å²) in [6.45, 7) is 7.92. The number of nitrogens with zero attached hydrogens (tertiary/aromatic N) is 2. The molecule has 26 heavy (non-hydrogen) atoms. The van der Waals surface area contributed by atoms with Crippen LogP contribution in [-0.2, 0) is 4.74 Å². The van der Waals surface area contributed by atoms with Crippen molar-refractivity contribution >= 4 is 53.3 Å². The lowest BCUT2D eigenvalue weighted by atomic mass is 10.0. The standard InChI is InChI=1S/C18H29ClN4OS.HI/c1-3-20-18(21-7-12-25-2)22-14-17(23-8-10-24-11-9-23)15-5-4-6-16(19)13-15;/h4-6,13,17H,3,7-12,14H2,1-2H3,(H2,20,21,22);1H. The molecule has 1 aromatic rings. The van der Waals surface area contributed by atoms with Crippen LogP contribution in [0.2, 0.25) is 5.02 Å². The molecule has 1 aromatic carbocycles. The number of hydrogen-bond donors (Lipinski definition) is 2. The minimum atomic E-state index is 0. The fourth-order valence-electron chi connectivity index (χ4n) is 2.83. The maximum absolute atomic E-state index is 6.22. The first-order chi connectivity index (χ1) is 12.2. The molecule has 1 atom stereocenters. The van der Waals surface area contributed by atoms with Gasteiger partial charge in [0.05, 0.1) is 25.8 Å². The molecule has 0 spiro atoms. The van der Waals surface area contributed by atoms with E-state index in [1.165, 1.54) is 5.56 Å². The van der Waals surface area contributed by atoms with Gasteiger partial charge in [-0.05, 0) is 30.9 Å². The third kappa shape index (κ3) is 8.21. The first-order valence-corrected chi connectivity index (χ1v) is 10.6. The molecule has 1 saturated heterocycles. The molecule has 1 aliphatic rings. The van der Waals surface area contributed by atoms with Gasteiger partial charge in [-0.3, -0.25) is 9.89 Å². The fourth-order valence-corrected chi connectivity index (χ4v) is 3.33. The van der Waals surface area contributed by atoms with Crippen molar-refractivity contribution in [3.63, 3.8) is 0 Å². The van der Waals surface area contributed by atoms with Crippen molar-refractivity contribution in [1.29, 1.82) is 0 Å². The van der Waals surface area contributed by atoms with Crippen LogP contribution in [0.1, 0.15) is 18.5 Å². The summed E-state index contributed by atoms with van der Waals surface area (Å²) in [6.07, 6.45) is 2.11. The van der Waals surface area contributed by atoms with E-state index < -0.39 is 0 Å². The van der Waals surface area contributed by atoms with Crippen LogP contribution in [0.5, 0.6) is 0 Å². The second kappa shape index (κ2) is 13.9. The molecule has 0 saturated carbocycles. The molecule has 148 valence electrons. The monoisotopic (exact) mass is 512 g/mol. The summed E-state index contributed by atoms with van der Waals surface area (Å²) in [5.74, 6) is 1.93. The van der Waals surface area contributed by atoms with Crippen molar-refractivity contribution in [1.82, 2.24) is 15.5 Å². The lowest BCUT2D eigenvalue weighted by Gasteiger charge is -2.34. The van der Waals surface area contributed by atoms with E-state index in [4.69, 9.17) is 21.3 Å². The normalized spacial score (nSPS) is 16.7. The Kier molecular flexibility index (Phi) is 12.7. The van der Waals surface area contributed by atoms with Crippen LogP contribution in [-0.4, -0.2) is 68.8 Å². The molecule has 5 nitrogen and oxygen atoms in total. The zero-order valence-corrected chi connectivity index (χ0v) is 19.4. The van der Waals surface area contributed by atoms with Gasteiger partial charge in [0, 0.05) is 37.0 Å². The van der Waals surface area contributed by atoms with Crippen molar-refractivity contribution < 1.29 is 4.74 Å². The summed E-state index contributed by atoms with van der Waals surface area (Å²) in [5, 5.41) is 7.48. The number of aliphatic imine (C=N–C) groups is 1. The largest absolute Gasteiger partial charge is 0.379 e. The van der Waals surface area contributed by atoms with Gasteiger partial charge in [-0.25, -0.2) is 0 Å². The zero-order valence-electron chi connectivity index (χ0n) is 15.5. The van der Waals surface area contributed by atoms with Crippen LogP contribution in [0.4, 0.5) is 0 Å². The van der Waals surface area contributed by atoms with E-state index in [9.17, 15) is 0 Å². The van der Waals surface area contributed by atoms with Gasteiger partial charge in [0.25, 0.3) is 0 Å². The van der Waals surface area contributed by atoms with Gasteiger partial charge in [0.2, 0.25) is 0 Å². The Morgan fingerprint density at radius 2 is 2.12 bits per heavy atom. The van der Waals surface area contributed by atoms with Crippen molar-refractivity contribution in [3.8, 4) is 0 Å². The smallest absolute Gasteiger partial charge is 0.191 e. The molecule has 0 amide bonds. The predicted octanol–water partition coefficient (Wildman–Crippen LogP) is 3.25. The van der Waals surface area contributed by atoms with Crippen LogP contribution < -0.4 is 10.6 Å². The van der Waals surface area contributed by atoms with E-state index in [0.717, 1.165) is 56.1 Å². The van der Waals surface area contributed by atoms with E-state index >= 15 is 0 Å². The number of guanidine groups is 1. The third-order valence-electron chi connectivity index (χ3n) is 4.09. The highest BCUT2D eigenvalue weighted by Gasteiger charge is 2.22. The summed E-state index contributed by atoms with van der Waals surface area (Å²) < 4.78 is 5.51. The lowest BCUT2D eigenvalue weighted by Crippen LogP contribution is -2.42. The topological polar surface area (TPSA) is 48.9 Å². The molecule has 1 aliphatic heterocycles. The maximum Gasteiger partial charge on any atom is 0.191 e. The highest BCUT2D eigenvalue weighted by molar-refractivity contribution is 14.0. The quantitative estimate of drug-likeness (QED) is 0.242. The Hall–Kier alpha value is -0.220. The SMILES string of the molecule is CCNC(=NCC(c1cccc(Cl)c1)N1CCOCC1)NCCSC.I. The number of ether oxygens (including phenoxy) is 1. The summed E-state index contributed by atoms with van der Waals surface area (Å²) in [4.78, 5) is 7.26. The summed E-state index contributed by atoms with van der Waals surface area (Å²) in [5.41, 5.74) is 1.21. The minimum absolute atomic E-state index is 0. The second-order valence-electron chi connectivity index (χ2n) is 5.86. The van der Waals surface area contributed by atoms with E-state index in [2.05, 4.69) is 34.8 Å². The predicted molar refractivity (Wildman–Crippen MR) is 124 cm³/mol. The number of thioether (sulfide) groups is 1. The van der Waals surface area contributed by atoms with Gasteiger partial charge in [0.15, 0.2) is 5.96 Å². The first-order valence-electron chi connectivity index (χ1n) is 8.83. The number of nitrogens with one attached hydrogen (secondary N) is 2. The molecule has 0 aliphatic carbocycles. The molecule has 1 unspecified atom stereocenters. The average Bonchev–Trinajstić information content (AvgIpc) is 2.63. The van der Waals surface area contributed by atoms with Gasteiger partial charge < -0.3 is 15.4 Å². The zero-order chi connectivity index (χ0) is 17.9. The molecule has 2 N–H and O–H groups in total. The number of benzene rings is 1. The lowest BCUT2D eigenvalue weighted by molar-refractivity contribution is 0.0180. The first kappa shape index (κ1) is 23.8. The Balaban J connectivity index is 0.00000338. The van der Waals surface area contributed by atoms with Crippen LogP contribution in [0.15, 0.2) is 29.3 Å². The molecule has 1 fully saturated rings. The van der Waals surface area contributed by atoms with Crippen molar-refractivity contribution in [3.05, 3.63) is 34.9 Å². The van der Waals surface area contributed by atoms with E-state index in [0.29, 0.717) is 6.54 Å². The number of halogens is 2. The van der Waals surface area contributed by atoms with E-state index in [1.54, 1.807) is 0 Å². The van der Waals surface area contributed by atoms with Gasteiger partial charge in [-0.1, -0.05) is 23.7 Å². The third-order valence-corrected chi connectivity index (χ3v) is 4.93. The highest BCUT2D eigenvalue weighted by Crippen LogP contribution is 2.24. The average molecular weight is 513 g/mol. The fraction of sp³-hybridized carbons (Fsp3) is 0.611. The Morgan fingerprint density at radius 1 is 1.35 bits per heavy atom. The highest BCUT2D eigenvalue weighted by atomic mass is 127. The molecular formula is C18H30ClIN4OS. The molecule has 8 heteroatoms. The Labute approximate surface area is 183 Å². The van der Waals surface area contributed by atoms with Gasteiger partial charge in [0.1, 0.15) is 0 Å². The Morgan fingerprint density at radius 3 is 2.77 bits per heavy atom. The molecule has 1 heterocycles. The molecule has 2 rings (SSSR count). The van der Waals surface area contributed by atoms with Gasteiger partial charge in [-0.15, -0.1) is 24.0 Å². The number of hydrogen-bond acceptors (Lipinski definition) is 4. The molecular weight excluding hydrogens is 483 g/mol. The van der Waals surface area contributed by atoms with Crippen LogP contribution in [0, 0.1) is 0 Å². The summed E-state index contributed by atoms with van der Waals surface area (Å²) >= 11 is 8.04. The number of morpholine rings is 1. The van der Waals surface area contributed by atoms with Crippen molar-refractivity contribution in [2.75, 3.05) is 57.9 Å². The van der Waals surface area contributed by atoms with Crippen molar-refractivity contribution in [2.24, 2.45) is 4.99 Å². The minimum Gasteiger partial charge on any atom is -0.379 e. The van der Waals surface area contributed by atoms with Crippen LogP contribution in [0.3, 0.4) is 0 Å². The molecule has 0 bridgehead atoms. The van der Waals surface area contributed by atoms with Crippen LogP contribution in [0.25, 0.3) is 0 Å². The summed E-state index contributed by atoms with van der Waals surface area (Å²) in [7, 11) is 0. The second-order valence-corrected chi connectivity index (χ2v) is 7.28. The van der Waals surface area contributed by atoms with Crippen LogP contribution >= 0.6 is 47.3 Å². The molecule has 0 radical (unpaired) electrons. The molecule has 0 aromatic heterocycles. The van der Waals surface area contributed by atoms with Crippen molar-refractivity contribution in [2.45, 2.75) is 13.0 Å². The number of rotatable bonds is 8.